The Hall–Kier alpha value is -3.42. The summed E-state index contributed by atoms with van der Waals surface area (Å²) in [5, 5.41) is 2.92. The lowest BCUT2D eigenvalue weighted by molar-refractivity contribution is -0.117. The molecule has 1 atom stereocenters. The van der Waals surface area contributed by atoms with Crippen molar-refractivity contribution < 1.29 is 28.5 Å². The minimum atomic E-state index is -0.319. The molecule has 2 aromatic rings. The second kappa shape index (κ2) is 9.39. The van der Waals surface area contributed by atoms with Crippen LogP contribution in [0.5, 0.6) is 23.0 Å². The first-order valence-electron chi connectivity index (χ1n) is 9.64. The van der Waals surface area contributed by atoms with Crippen molar-refractivity contribution in [2.24, 2.45) is 0 Å². The van der Waals surface area contributed by atoms with Crippen LogP contribution in [0.4, 0.5) is 5.69 Å². The van der Waals surface area contributed by atoms with Gasteiger partial charge in [0.1, 0.15) is 5.75 Å². The summed E-state index contributed by atoms with van der Waals surface area (Å²) in [7, 11) is 4.48. The molecule has 1 saturated heterocycles. The topological polar surface area (TPSA) is 86.3 Å². The van der Waals surface area contributed by atoms with Crippen molar-refractivity contribution in [3.05, 3.63) is 42.0 Å². The lowest BCUT2D eigenvalue weighted by atomic mass is 10.1. The molecule has 1 aliphatic rings. The van der Waals surface area contributed by atoms with E-state index < -0.39 is 0 Å². The summed E-state index contributed by atoms with van der Waals surface area (Å²) in [6.07, 6.45) is 0.226. The van der Waals surface area contributed by atoms with Gasteiger partial charge in [-0.25, -0.2) is 0 Å². The van der Waals surface area contributed by atoms with Gasteiger partial charge in [-0.3, -0.25) is 9.59 Å². The maximum absolute atomic E-state index is 12.8. The number of hydrogen-bond donors (Lipinski definition) is 1. The van der Waals surface area contributed by atoms with Crippen molar-refractivity contribution in [1.29, 1.82) is 0 Å². The number of anilines is 1. The number of ether oxygens (including phenoxy) is 4. The number of hydrogen-bond acceptors (Lipinski definition) is 6. The summed E-state index contributed by atoms with van der Waals surface area (Å²) in [5.41, 5.74) is 1.13. The minimum absolute atomic E-state index is 0.0469. The zero-order valence-corrected chi connectivity index (χ0v) is 17.6. The number of methoxy groups -OCH3 is 3. The Balaban J connectivity index is 1.71. The normalized spacial score (nSPS) is 15.7. The molecule has 30 heavy (non-hydrogen) atoms. The highest BCUT2D eigenvalue weighted by molar-refractivity contribution is 5.99. The third-order valence-electron chi connectivity index (χ3n) is 4.85. The molecule has 1 fully saturated rings. The Bertz CT molecular complexity index is 887. The van der Waals surface area contributed by atoms with Crippen LogP contribution in [0.3, 0.4) is 0 Å². The van der Waals surface area contributed by atoms with Gasteiger partial charge in [0.25, 0.3) is 5.91 Å². The quantitative estimate of drug-likeness (QED) is 0.715. The third kappa shape index (κ3) is 4.42. The fraction of sp³-hybridized carbons (Fsp3) is 0.364. The zero-order chi connectivity index (χ0) is 21.7. The van der Waals surface area contributed by atoms with Gasteiger partial charge < -0.3 is 29.2 Å². The first kappa shape index (κ1) is 21.3. The number of rotatable bonds is 8. The van der Waals surface area contributed by atoms with Crippen LogP contribution in [0.1, 0.15) is 23.7 Å². The first-order chi connectivity index (χ1) is 14.5. The van der Waals surface area contributed by atoms with E-state index >= 15 is 0 Å². The van der Waals surface area contributed by atoms with Gasteiger partial charge in [-0.1, -0.05) is 0 Å². The number of nitrogens with zero attached hydrogens (tertiary/aromatic N) is 1. The second-order valence-corrected chi connectivity index (χ2v) is 6.72. The number of carbonyl (C=O) groups is 2. The van der Waals surface area contributed by atoms with Gasteiger partial charge in [-0.15, -0.1) is 0 Å². The lowest BCUT2D eigenvalue weighted by Gasteiger charge is -2.18. The molecule has 8 heteroatoms. The maximum Gasteiger partial charge on any atom is 0.251 e. The Morgan fingerprint density at radius 3 is 2.23 bits per heavy atom. The van der Waals surface area contributed by atoms with Crippen molar-refractivity contribution in [3.8, 4) is 23.0 Å². The fourth-order valence-corrected chi connectivity index (χ4v) is 3.42. The van der Waals surface area contributed by atoms with Crippen LogP contribution >= 0.6 is 0 Å². The van der Waals surface area contributed by atoms with Gasteiger partial charge in [-0.05, 0) is 43.3 Å². The van der Waals surface area contributed by atoms with Crippen LogP contribution in [0.25, 0.3) is 0 Å². The number of carbonyl (C=O) groups excluding carboxylic acids is 2. The molecular weight excluding hydrogens is 388 g/mol. The highest BCUT2D eigenvalue weighted by Gasteiger charge is 2.32. The summed E-state index contributed by atoms with van der Waals surface area (Å²) >= 11 is 0. The molecule has 1 heterocycles. The van der Waals surface area contributed by atoms with Gasteiger partial charge in [0, 0.05) is 24.2 Å². The van der Waals surface area contributed by atoms with E-state index in [9.17, 15) is 9.59 Å². The number of nitrogens with one attached hydrogen (secondary N) is 1. The smallest absolute Gasteiger partial charge is 0.251 e. The fourth-order valence-electron chi connectivity index (χ4n) is 3.42. The van der Waals surface area contributed by atoms with Gasteiger partial charge in [0.2, 0.25) is 11.7 Å². The molecule has 1 N–H and O–H groups in total. The standard InChI is InChI=1S/C22H26N2O6/c1-5-30-17-8-6-16(7-9-17)24-13-15(12-20(24)25)23-22(26)14-10-18(27-2)21(29-4)19(11-14)28-3/h6-11,15H,5,12-13H2,1-4H3,(H,23,26)/t15-/m0/s1. The van der Waals surface area contributed by atoms with Crippen molar-refractivity contribution >= 4 is 17.5 Å². The molecule has 0 aromatic heterocycles. The maximum atomic E-state index is 12.8. The SMILES string of the molecule is CCOc1ccc(N2C[C@@H](NC(=O)c3cc(OC)c(OC)c(OC)c3)CC2=O)cc1. The molecule has 0 bridgehead atoms. The van der Waals surface area contributed by atoms with E-state index in [0.717, 1.165) is 11.4 Å². The van der Waals surface area contributed by atoms with Crippen molar-refractivity contribution in [3.63, 3.8) is 0 Å². The molecule has 0 unspecified atom stereocenters. The highest BCUT2D eigenvalue weighted by atomic mass is 16.5. The van der Waals surface area contributed by atoms with E-state index in [1.807, 2.05) is 31.2 Å². The predicted octanol–water partition coefficient (Wildman–Crippen LogP) is 2.65. The molecule has 1 aliphatic heterocycles. The van der Waals surface area contributed by atoms with Crippen LogP contribution < -0.4 is 29.2 Å². The molecule has 8 nitrogen and oxygen atoms in total. The largest absolute Gasteiger partial charge is 0.494 e. The average Bonchev–Trinajstić information content (AvgIpc) is 3.13. The first-order valence-corrected chi connectivity index (χ1v) is 9.64. The summed E-state index contributed by atoms with van der Waals surface area (Å²) in [6, 6.07) is 10.2. The van der Waals surface area contributed by atoms with E-state index in [1.54, 1.807) is 17.0 Å². The van der Waals surface area contributed by atoms with Crippen molar-refractivity contribution in [2.75, 3.05) is 39.4 Å². The molecule has 160 valence electrons. The van der Waals surface area contributed by atoms with Gasteiger partial charge >= 0.3 is 0 Å². The van der Waals surface area contributed by atoms with Gasteiger partial charge in [0.05, 0.1) is 34.0 Å². The summed E-state index contributed by atoms with van der Waals surface area (Å²) in [6.45, 7) is 2.89. The molecule has 0 radical (unpaired) electrons. The summed E-state index contributed by atoms with van der Waals surface area (Å²) in [5.74, 6) is 1.57. The molecule has 0 saturated carbocycles. The van der Waals surface area contributed by atoms with E-state index in [1.165, 1.54) is 21.3 Å². The summed E-state index contributed by atoms with van der Waals surface area (Å²) in [4.78, 5) is 26.9. The monoisotopic (exact) mass is 414 g/mol. The van der Waals surface area contributed by atoms with E-state index in [0.29, 0.717) is 36.0 Å². The second-order valence-electron chi connectivity index (χ2n) is 6.72. The Morgan fingerprint density at radius 1 is 1.07 bits per heavy atom. The van der Waals surface area contributed by atoms with Crippen molar-refractivity contribution in [1.82, 2.24) is 5.32 Å². The van der Waals surface area contributed by atoms with E-state index in [-0.39, 0.29) is 24.3 Å². The lowest BCUT2D eigenvalue weighted by Crippen LogP contribution is -2.37. The third-order valence-corrected chi connectivity index (χ3v) is 4.85. The minimum Gasteiger partial charge on any atom is -0.494 e. The van der Waals surface area contributed by atoms with Gasteiger partial charge in [-0.2, -0.15) is 0 Å². The average molecular weight is 414 g/mol. The summed E-state index contributed by atoms with van der Waals surface area (Å²) < 4.78 is 21.3. The van der Waals surface area contributed by atoms with Crippen LogP contribution in [0, 0.1) is 0 Å². The van der Waals surface area contributed by atoms with Gasteiger partial charge in [0.15, 0.2) is 11.5 Å². The molecular formula is C22H26N2O6. The van der Waals surface area contributed by atoms with Crippen LogP contribution in [0.2, 0.25) is 0 Å². The molecule has 2 amide bonds. The van der Waals surface area contributed by atoms with Crippen molar-refractivity contribution in [2.45, 2.75) is 19.4 Å². The zero-order valence-electron chi connectivity index (χ0n) is 17.6. The predicted molar refractivity (Wildman–Crippen MR) is 112 cm³/mol. The Morgan fingerprint density at radius 2 is 1.70 bits per heavy atom. The number of amides is 2. The molecule has 2 aromatic carbocycles. The molecule has 0 aliphatic carbocycles. The molecule has 0 spiro atoms. The van der Waals surface area contributed by atoms with Crippen LogP contribution in [-0.4, -0.2) is 52.3 Å². The van der Waals surface area contributed by atoms with Crippen LogP contribution in [0.15, 0.2) is 36.4 Å². The highest BCUT2D eigenvalue weighted by Crippen LogP contribution is 2.38. The molecule has 3 rings (SSSR count). The Kier molecular flexibility index (Phi) is 6.66. The van der Waals surface area contributed by atoms with E-state index in [4.69, 9.17) is 18.9 Å². The van der Waals surface area contributed by atoms with Crippen LogP contribution in [-0.2, 0) is 4.79 Å². The Labute approximate surface area is 175 Å². The van der Waals surface area contributed by atoms with E-state index in [2.05, 4.69) is 5.32 Å². The number of benzene rings is 2.